The lowest BCUT2D eigenvalue weighted by atomic mass is 9.95. The molecule has 2 nitrogen and oxygen atoms in total. The number of anilines is 2. The smallest absolute Gasteiger partial charge is 0.0635 e. The summed E-state index contributed by atoms with van der Waals surface area (Å²) in [5, 5.41) is 3.60. The van der Waals surface area contributed by atoms with Crippen molar-refractivity contribution in [3.63, 3.8) is 0 Å². The number of piperidine rings is 1. The van der Waals surface area contributed by atoms with E-state index in [4.69, 9.17) is 0 Å². The monoisotopic (exact) mass is 216 g/mol. The molecule has 0 radical (unpaired) electrons. The van der Waals surface area contributed by atoms with E-state index in [1.165, 1.54) is 48.3 Å². The van der Waals surface area contributed by atoms with Gasteiger partial charge in [-0.05, 0) is 50.3 Å². The van der Waals surface area contributed by atoms with Gasteiger partial charge in [-0.2, -0.15) is 0 Å². The van der Waals surface area contributed by atoms with Crippen LogP contribution < -0.4 is 10.2 Å². The summed E-state index contributed by atoms with van der Waals surface area (Å²) in [4.78, 5) is 2.63. The van der Waals surface area contributed by atoms with Crippen LogP contribution in [0.3, 0.4) is 0 Å². The van der Waals surface area contributed by atoms with E-state index in [1.54, 1.807) is 0 Å². The molecule has 86 valence electrons. The van der Waals surface area contributed by atoms with Gasteiger partial charge in [0, 0.05) is 19.1 Å². The quantitative estimate of drug-likeness (QED) is 0.717. The maximum atomic E-state index is 3.60. The van der Waals surface area contributed by atoms with Crippen molar-refractivity contribution in [3.05, 3.63) is 23.3 Å². The molecular formula is C14H20N2. The molecule has 0 saturated carbocycles. The van der Waals surface area contributed by atoms with Gasteiger partial charge in [-0.25, -0.2) is 0 Å². The summed E-state index contributed by atoms with van der Waals surface area (Å²) in [6.07, 6.45) is 4.09. The zero-order valence-electron chi connectivity index (χ0n) is 10.2. The number of rotatable bonds is 0. The molecule has 1 aromatic carbocycles. The topological polar surface area (TPSA) is 15.3 Å². The van der Waals surface area contributed by atoms with Gasteiger partial charge in [0.05, 0.1) is 11.4 Å². The number of aryl methyl sites for hydroxylation is 2. The van der Waals surface area contributed by atoms with Gasteiger partial charge >= 0.3 is 0 Å². The van der Waals surface area contributed by atoms with Crippen LogP contribution in [0.4, 0.5) is 11.4 Å². The molecule has 1 aromatic rings. The Morgan fingerprint density at radius 3 is 3.00 bits per heavy atom. The number of nitrogens with zero attached hydrogens (tertiary/aromatic N) is 1. The highest BCUT2D eigenvalue weighted by molar-refractivity contribution is 5.77. The fraction of sp³-hybridized carbons (Fsp3) is 0.571. The van der Waals surface area contributed by atoms with Crippen LogP contribution in [0, 0.1) is 13.8 Å². The standard InChI is InChI=1S/C14H20N2/c1-10-7-11(2)14-13(8-10)15-9-12-5-3-4-6-16(12)14/h7-8,12,15H,3-6,9H2,1-2H3. The van der Waals surface area contributed by atoms with Crippen molar-refractivity contribution in [3.8, 4) is 0 Å². The second-order valence-corrected chi connectivity index (χ2v) is 5.20. The van der Waals surface area contributed by atoms with Gasteiger partial charge < -0.3 is 10.2 Å². The van der Waals surface area contributed by atoms with Crippen molar-refractivity contribution in [2.24, 2.45) is 0 Å². The van der Waals surface area contributed by atoms with Crippen molar-refractivity contribution in [1.82, 2.24) is 0 Å². The lowest BCUT2D eigenvalue weighted by Gasteiger charge is -2.43. The van der Waals surface area contributed by atoms with Crippen LogP contribution in [0.25, 0.3) is 0 Å². The fourth-order valence-corrected chi connectivity index (χ4v) is 3.21. The van der Waals surface area contributed by atoms with E-state index in [1.807, 2.05) is 0 Å². The van der Waals surface area contributed by atoms with Crippen LogP contribution in [0.2, 0.25) is 0 Å². The molecule has 0 amide bonds. The summed E-state index contributed by atoms with van der Waals surface area (Å²) >= 11 is 0. The molecule has 2 heterocycles. The molecule has 2 aliphatic heterocycles. The molecule has 1 unspecified atom stereocenters. The van der Waals surface area contributed by atoms with Gasteiger partial charge in [-0.3, -0.25) is 0 Å². The average molecular weight is 216 g/mol. The van der Waals surface area contributed by atoms with Gasteiger partial charge in [0.2, 0.25) is 0 Å². The first-order valence-electron chi connectivity index (χ1n) is 6.37. The molecule has 2 heteroatoms. The molecular weight excluding hydrogens is 196 g/mol. The van der Waals surface area contributed by atoms with Crippen molar-refractivity contribution in [1.29, 1.82) is 0 Å². The minimum absolute atomic E-state index is 0.725. The number of benzene rings is 1. The lowest BCUT2D eigenvalue weighted by Crippen LogP contribution is -2.47. The zero-order valence-corrected chi connectivity index (χ0v) is 10.2. The predicted molar refractivity (Wildman–Crippen MR) is 69.4 cm³/mol. The van der Waals surface area contributed by atoms with Crippen LogP contribution in [0.1, 0.15) is 30.4 Å². The summed E-state index contributed by atoms with van der Waals surface area (Å²) in [5.41, 5.74) is 5.59. The number of hydrogen-bond acceptors (Lipinski definition) is 2. The molecule has 0 spiro atoms. The summed E-state index contributed by atoms with van der Waals surface area (Å²) in [6, 6.07) is 5.31. The van der Waals surface area contributed by atoms with Crippen LogP contribution in [-0.4, -0.2) is 19.1 Å². The summed E-state index contributed by atoms with van der Waals surface area (Å²) in [6.45, 7) is 6.78. The second kappa shape index (κ2) is 3.69. The Morgan fingerprint density at radius 1 is 1.25 bits per heavy atom. The Kier molecular flexibility index (Phi) is 2.31. The lowest BCUT2D eigenvalue weighted by molar-refractivity contribution is 0.465. The molecule has 0 aromatic heterocycles. The van der Waals surface area contributed by atoms with E-state index < -0.39 is 0 Å². The Morgan fingerprint density at radius 2 is 2.12 bits per heavy atom. The highest BCUT2D eigenvalue weighted by Crippen LogP contribution is 2.38. The van der Waals surface area contributed by atoms with Gasteiger partial charge in [0.25, 0.3) is 0 Å². The number of nitrogens with one attached hydrogen (secondary N) is 1. The third kappa shape index (κ3) is 1.48. The maximum Gasteiger partial charge on any atom is 0.0635 e. The maximum absolute atomic E-state index is 3.60. The SMILES string of the molecule is Cc1cc(C)c2c(c1)NCC1CCCCN21. The molecule has 2 aliphatic rings. The third-order valence-corrected chi connectivity index (χ3v) is 3.89. The largest absolute Gasteiger partial charge is 0.381 e. The molecule has 0 aliphatic carbocycles. The summed E-state index contributed by atoms with van der Waals surface area (Å²) < 4.78 is 0. The van der Waals surface area contributed by atoms with Gasteiger partial charge in [0.15, 0.2) is 0 Å². The fourth-order valence-electron chi connectivity index (χ4n) is 3.21. The molecule has 1 saturated heterocycles. The van der Waals surface area contributed by atoms with Crippen molar-refractivity contribution in [2.45, 2.75) is 39.2 Å². The van der Waals surface area contributed by atoms with Crippen molar-refractivity contribution >= 4 is 11.4 Å². The first kappa shape index (κ1) is 10.0. The molecule has 3 rings (SSSR count). The predicted octanol–water partition coefficient (Wildman–Crippen LogP) is 3.09. The van der Waals surface area contributed by atoms with Crippen molar-refractivity contribution in [2.75, 3.05) is 23.3 Å². The molecule has 0 bridgehead atoms. The Labute approximate surface area is 97.6 Å². The van der Waals surface area contributed by atoms with Gasteiger partial charge in [-0.15, -0.1) is 0 Å². The zero-order chi connectivity index (χ0) is 11.1. The van der Waals surface area contributed by atoms with Crippen LogP contribution in [-0.2, 0) is 0 Å². The van der Waals surface area contributed by atoms with Crippen LogP contribution in [0.5, 0.6) is 0 Å². The van der Waals surface area contributed by atoms with E-state index in [0.717, 1.165) is 12.6 Å². The normalized spacial score (nSPS) is 23.4. The molecule has 1 atom stereocenters. The Balaban J connectivity index is 2.07. The van der Waals surface area contributed by atoms with E-state index in [9.17, 15) is 0 Å². The third-order valence-electron chi connectivity index (χ3n) is 3.89. The minimum atomic E-state index is 0.725. The number of fused-ring (bicyclic) bond motifs is 3. The summed E-state index contributed by atoms with van der Waals surface area (Å²) in [5.74, 6) is 0. The number of hydrogen-bond donors (Lipinski definition) is 1. The first-order valence-corrected chi connectivity index (χ1v) is 6.37. The van der Waals surface area contributed by atoms with Crippen LogP contribution >= 0.6 is 0 Å². The van der Waals surface area contributed by atoms with E-state index in [2.05, 4.69) is 36.2 Å². The van der Waals surface area contributed by atoms with Gasteiger partial charge in [-0.1, -0.05) is 6.07 Å². The second-order valence-electron chi connectivity index (χ2n) is 5.20. The molecule has 1 fully saturated rings. The average Bonchev–Trinajstić information content (AvgIpc) is 2.28. The Hall–Kier alpha value is -1.18. The van der Waals surface area contributed by atoms with E-state index >= 15 is 0 Å². The first-order chi connectivity index (χ1) is 7.75. The minimum Gasteiger partial charge on any atom is -0.381 e. The van der Waals surface area contributed by atoms with E-state index in [0.29, 0.717) is 0 Å². The summed E-state index contributed by atoms with van der Waals surface area (Å²) in [7, 11) is 0. The Bertz CT molecular complexity index is 411. The molecule has 1 N–H and O–H groups in total. The van der Waals surface area contributed by atoms with E-state index in [-0.39, 0.29) is 0 Å². The van der Waals surface area contributed by atoms with Crippen molar-refractivity contribution < 1.29 is 0 Å². The highest BCUT2D eigenvalue weighted by Gasteiger charge is 2.29. The van der Waals surface area contributed by atoms with Crippen LogP contribution in [0.15, 0.2) is 12.1 Å². The molecule has 16 heavy (non-hydrogen) atoms. The highest BCUT2D eigenvalue weighted by atomic mass is 15.2. The van der Waals surface area contributed by atoms with Gasteiger partial charge in [0.1, 0.15) is 0 Å².